The zero-order chi connectivity index (χ0) is 13.1. The molecule has 94 valence electrons. The highest BCUT2D eigenvalue weighted by Crippen LogP contribution is 2.15. The van der Waals surface area contributed by atoms with Crippen LogP contribution in [0.25, 0.3) is 0 Å². The van der Waals surface area contributed by atoms with Crippen molar-refractivity contribution in [2.24, 2.45) is 0 Å². The number of nitrogen functional groups attached to an aromatic ring is 1. The third-order valence-electron chi connectivity index (χ3n) is 2.80. The number of nitrogens with zero attached hydrogens (tertiary/aromatic N) is 1. The number of hydrogen-bond acceptors (Lipinski definition) is 3. The van der Waals surface area contributed by atoms with Gasteiger partial charge >= 0.3 is 0 Å². The predicted molar refractivity (Wildman–Crippen MR) is 70.1 cm³/mol. The fourth-order valence-electron chi connectivity index (χ4n) is 1.84. The Morgan fingerprint density at radius 3 is 2.78 bits per heavy atom. The molecule has 0 aliphatic rings. The van der Waals surface area contributed by atoms with E-state index in [0.29, 0.717) is 17.8 Å². The molecule has 4 nitrogen and oxygen atoms in total. The van der Waals surface area contributed by atoms with E-state index < -0.39 is 0 Å². The molecule has 0 unspecified atom stereocenters. The van der Waals surface area contributed by atoms with E-state index in [2.05, 4.69) is 0 Å². The lowest BCUT2D eigenvalue weighted by molar-refractivity contribution is 0.0775. The summed E-state index contributed by atoms with van der Waals surface area (Å²) >= 11 is 0. The van der Waals surface area contributed by atoms with Crippen LogP contribution in [-0.2, 0) is 6.54 Å². The zero-order valence-electron chi connectivity index (χ0n) is 10.5. The number of rotatable bonds is 3. The van der Waals surface area contributed by atoms with Crippen molar-refractivity contribution >= 4 is 11.6 Å². The maximum atomic E-state index is 12.2. The highest BCUT2D eigenvalue weighted by Gasteiger charge is 2.15. The number of nitrogens with two attached hydrogens (primary N) is 1. The Kier molecular flexibility index (Phi) is 3.37. The van der Waals surface area contributed by atoms with Crippen LogP contribution >= 0.6 is 0 Å². The number of carbonyl (C=O) groups is 1. The molecule has 1 aromatic carbocycles. The smallest absolute Gasteiger partial charge is 0.254 e. The summed E-state index contributed by atoms with van der Waals surface area (Å²) in [5.41, 5.74) is 7.88. The molecule has 0 bridgehead atoms. The summed E-state index contributed by atoms with van der Waals surface area (Å²) in [4.78, 5) is 13.9. The van der Waals surface area contributed by atoms with Crippen molar-refractivity contribution in [1.82, 2.24) is 4.90 Å². The van der Waals surface area contributed by atoms with E-state index in [1.165, 1.54) is 0 Å². The fourth-order valence-corrected chi connectivity index (χ4v) is 1.84. The van der Waals surface area contributed by atoms with E-state index in [1.54, 1.807) is 36.4 Å². The molecular formula is C14H16N2O2. The molecule has 1 amide bonds. The summed E-state index contributed by atoms with van der Waals surface area (Å²) in [7, 11) is 1.75. The van der Waals surface area contributed by atoms with Crippen molar-refractivity contribution < 1.29 is 9.21 Å². The molecule has 4 heteroatoms. The Morgan fingerprint density at radius 1 is 1.39 bits per heavy atom. The van der Waals surface area contributed by atoms with Crippen molar-refractivity contribution in [1.29, 1.82) is 0 Å². The van der Waals surface area contributed by atoms with Gasteiger partial charge in [0, 0.05) is 18.3 Å². The van der Waals surface area contributed by atoms with E-state index in [0.717, 1.165) is 11.3 Å². The average molecular weight is 244 g/mol. The number of amides is 1. The van der Waals surface area contributed by atoms with Crippen LogP contribution in [0.2, 0.25) is 0 Å². The lowest BCUT2D eigenvalue weighted by atomic mass is 10.1. The van der Waals surface area contributed by atoms with Gasteiger partial charge in [0.1, 0.15) is 5.76 Å². The van der Waals surface area contributed by atoms with Gasteiger partial charge in [-0.2, -0.15) is 0 Å². The lowest BCUT2D eigenvalue weighted by Crippen LogP contribution is -2.26. The number of hydrogen-bond donors (Lipinski definition) is 1. The van der Waals surface area contributed by atoms with Crippen molar-refractivity contribution in [3.63, 3.8) is 0 Å². The third-order valence-corrected chi connectivity index (χ3v) is 2.80. The molecule has 1 heterocycles. The second-order valence-electron chi connectivity index (χ2n) is 4.31. The maximum Gasteiger partial charge on any atom is 0.254 e. The van der Waals surface area contributed by atoms with Gasteiger partial charge in [-0.15, -0.1) is 0 Å². The fraction of sp³-hybridized carbons (Fsp3) is 0.214. The Labute approximate surface area is 106 Å². The molecule has 0 saturated carbocycles. The molecule has 0 radical (unpaired) electrons. The first-order chi connectivity index (χ1) is 8.58. The molecule has 0 aliphatic heterocycles. The first-order valence-electron chi connectivity index (χ1n) is 5.72. The van der Waals surface area contributed by atoms with Crippen LogP contribution in [0.4, 0.5) is 5.69 Å². The van der Waals surface area contributed by atoms with Gasteiger partial charge < -0.3 is 15.1 Å². The number of aryl methyl sites for hydroxylation is 1. The minimum absolute atomic E-state index is 0.0381. The average Bonchev–Trinajstić information content (AvgIpc) is 2.81. The molecular weight excluding hydrogens is 228 g/mol. The second kappa shape index (κ2) is 4.96. The summed E-state index contributed by atoms with van der Waals surface area (Å²) in [6, 6.07) is 8.95. The molecule has 0 spiro atoms. The molecule has 0 aliphatic carbocycles. The summed E-state index contributed by atoms with van der Waals surface area (Å²) in [6.07, 6.45) is 1.60. The van der Waals surface area contributed by atoms with Gasteiger partial charge in [0.2, 0.25) is 0 Å². The second-order valence-corrected chi connectivity index (χ2v) is 4.31. The Morgan fingerprint density at radius 2 is 2.17 bits per heavy atom. The molecule has 18 heavy (non-hydrogen) atoms. The first kappa shape index (κ1) is 12.2. The highest BCUT2D eigenvalue weighted by atomic mass is 16.3. The molecule has 0 atom stereocenters. The molecule has 2 N–H and O–H groups in total. The SMILES string of the molecule is Cc1cc(N)ccc1C(=O)N(C)Cc1ccco1. The summed E-state index contributed by atoms with van der Waals surface area (Å²) < 4.78 is 5.23. The predicted octanol–water partition coefficient (Wildman–Crippen LogP) is 2.44. The van der Waals surface area contributed by atoms with Crippen molar-refractivity contribution in [2.45, 2.75) is 13.5 Å². The summed E-state index contributed by atoms with van der Waals surface area (Å²) in [6.45, 7) is 2.33. The molecule has 2 rings (SSSR count). The van der Waals surface area contributed by atoms with Gasteiger partial charge in [-0.05, 0) is 42.8 Å². The minimum Gasteiger partial charge on any atom is -0.467 e. The van der Waals surface area contributed by atoms with Gasteiger partial charge in [0.25, 0.3) is 5.91 Å². The van der Waals surface area contributed by atoms with Crippen LogP contribution in [-0.4, -0.2) is 17.9 Å². The van der Waals surface area contributed by atoms with Crippen molar-refractivity contribution in [3.05, 3.63) is 53.5 Å². The van der Waals surface area contributed by atoms with Gasteiger partial charge in [-0.1, -0.05) is 0 Å². The Bertz CT molecular complexity index is 547. The van der Waals surface area contributed by atoms with Gasteiger partial charge in [-0.25, -0.2) is 0 Å². The van der Waals surface area contributed by atoms with E-state index in [4.69, 9.17) is 10.2 Å². The van der Waals surface area contributed by atoms with Gasteiger partial charge in [-0.3, -0.25) is 4.79 Å². The Hall–Kier alpha value is -2.23. The van der Waals surface area contributed by atoms with E-state index in [-0.39, 0.29) is 5.91 Å². The zero-order valence-corrected chi connectivity index (χ0v) is 10.5. The quantitative estimate of drug-likeness (QED) is 0.844. The molecule has 0 fully saturated rings. The largest absolute Gasteiger partial charge is 0.467 e. The maximum absolute atomic E-state index is 12.2. The minimum atomic E-state index is -0.0381. The molecule has 2 aromatic rings. The Balaban J connectivity index is 2.15. The monoisotopic (exact) mass is 244 g/mol. The van der Waals surface area contributed by atoms with Crippen molar-refractivity contribution in [2.75, 3.05) is 12.8 Å². The standard InChI is InChI=1S/C14H16N2O2/c1-10-8-11(15)5-6-13(10)14(17)16(2)9-12-4-3-7-18-12/h3-8H,9,15H2,1-2H3. The lowest BCUT2D eigenvalue weighted by Gasteiger charge is -2.17. The third kappa shape index (κ3) is 2.53. The summed E-state index contributed by atoms with van der Waals surface area (Å²) in [5, 5.41) is 0. The number of benzene rings is 1. The van der Waals surface area contributed by atoms with Crippen molar-refractivity contribution in [3.8, 4) is 0 Å². The highest BCUT2D eigenvalue weighted by molar-refractivity contribution is 5.95. The molecule has 1 aromatic heterocycles. The van der Waals surface area contributed by atoms with E-state index >= 15 is 0 Å². The van der Waals surface area contributed by atoms with Crippen LogP contribution in [0.1, 0.15) is 21.7 Å². The molecule has 0 saturated heterocycles. The van der Waals surface area contributed by atoms with Gasteiger partial charge in [0.15, 0.2) is 0 Å². The van der Waals surface area contributed by atoms with Crippen LogP contribution in [0.15, 0.2) is 41.0 Å². The normalized spacial score (nSPS) is 10.3. The van der Waals surface area contributed by atoms with Crippen LogP contribution in [0.5, 0.6) is 0 Å². The number of carbonyl (C=O) groups excluding carboxylic acids is 1. The van der Waals surface area contributed by atoms with E-state index in [1.807, 2.05) is 19.1 Å². The summed E-state index contributed by atoms with van der Waals surface area (Å²) in [5.74, 6) is 0.725. The van der Waals surface area contributed by atoms with Gasteiger partial charge in [0.05, 0.1) is 12.8 Å². The van der Waals surface area contributed by atoms with Crippen LogP contribution in [0, 0.1) is 6.92 Å². The van der Waals surface area contributed by atoms with Crippen LogP contribution in [0.3, 0.4) is 0 Å². The van der Waals surface area contributed by atoms with Crippen LogP contribution < -0.4 is 5.73 Å². The topological polar surface area (TPSA) is 59.5 Å². The van der Waals surface area contributed by atoms with E-state index in [9.17, 15) is 4.79 Å². The first-order valence-corrected chi connectivity index (χ1v) is 5.72. The number of anilines is 1. The number of furan rings is 1.